The van der Waals surface area contributed by atoms with Crippen LogP contribution in [0, 0.1) is 6.92 Å². The van der Waals surface area contributed by atoms with E-state index in [-0.39, 0.29) is 6.04 Å². The highest BCUT2D eigenvalue weighted by Crippen LogP contribution is 2.19. The molecule has 0 radical (unpaired) electrons. The number of nitrogens with one attached hydrogen (secondary N) is 2. The number of nitrogens with zero attached hydrogens (tertiary/aromatic N) is 3. The van der Waals surface area contributed by atoms with Gasteiger partial charge < -0.3 is 19.5 Å². The molecule has 2 heterocycles. The second kappa shape index (κ2) is 9.23. The summed E-state index contributed by atoms with van der Waals surface area (Å²) in [6.45, 7) is 3.23. The molecule has 7 nitrogen and oxygen atoms in total. The van der Waals surface area contributed by atoms with Crippen LogP contribution < -0.4 is 10.6 Å². The van der Waals surface area contributed by atoms with Crippen LogP contribution in [0.1, 0.15) is 23.1 Å². The van der Waals surface area contributed by atoms with E-state index in [1.807, 2.05) is 50.5 Å². The number of guanidine groups is 1. The monoisotopic (exact) mass is 381 g/mol. The number of rotatable bonds is 7. The van der Waals surface area contributed by atoms with Crippen LogP contribution in [0.25, 0.3) is 11.5 Å². The van der Waals surface area contributed by atoms with Gasteiger partial charge in [-0.2, -0.15) is 0 Å². The van der Waals surface area contributed by atoms with Gasteiger partial charge in [-0.3, -0.25) is 9.89 Å². The lowest BCUT2D eigenvalue weighted by Gasteiger charge is -2.23. The number of aliphatic imine (C=N–C) groups is 1. The van der Waals surface area contributed by atoms with Crippen molar-refractivity contribution in [3.8, 4) is 11.5 Å². The van der Waals surface area contributed by atoms with Gasteiger partial charge in [0.2, 0.25) is 5.89 Å². The maximum Gasteiger partial charge on any atom is 0.226 e. The molecule has 0 bridgehead atoms. The molecule has 0 amide bonds. The Labute approximate surface area is 165 Å². The molecule has 0 fully saturated rings. The predicted octanol–water partition coefficient (Wildman–Crippen LogP) is 3.21. The molecule has 2 aromatic heterocycles. The average molecular weight is 381 g/mol. The van der Waals surface area contributed by atoms with Gasteiger partial charge in [0.1, 0.15) is 12.0 Å². The highest BCUT2D eigenvalue weighted by Gasteiger charge is 2.17. The molecule has 3 aromatic rings. The molecule has 0 aliphatic rings. The minimum Gasteiger partial charge on any atom is -0.468 e. The molecule has 0 aliphatic heterocycles. The minimum atomic E-state index is 0.105. The zero-order chi connectivity index (χ0) is 19.9. The maximum absolute atomic E-state index is 5.60. The predicted molar refractivity (Wildman–Crippen MR) is 110 cm³/mol. The molecule has 0 saturated heterocycles. The van der Waals surface area contributed by atoms with Crippen molar-refractivity contribution in [2.75, 3.05) is 27.7 Å². The van der Waals surface area contributed by atoms with Gasteiger partial charge >= 0.3 is 0 Å². The molecule has 7 heteroatoms. The third-order valence-electron chi connectivity index (χ3n) is 4.47. The fourth-order valence-corrected chi connectivity index (χ4v) is 2.82. The van der Waals surface area contributed by atoms with Gasteiger partial charge in [0, 0.05) is 19.2 Å². The van der Waals surface area contributed by atoms with Crippen LogP contribution in [0.3, 0.4) is 0 Å². The van der Waals surface area contributed by atoms with Gasteiger partial charge in [0.25, 0.3) is 0 Å². The molecule has 3 rings (SSSR count). The van der Waals surface area contributed by atoms with Crippen molar-refractivity contribution in [2.24, 2.45) is 4.99 Å². The van der Waals surface area contributed by atoms with E-state index in [2.05, 4.69) is 32.4 Å². The number of hydrogen-bond acceptors (Lipinski definition) is 5. The van der Waals surface area contributed by atoms with Crippen molar-refractivity contribution < 1.29 is 8.83 Å². The van der Waals surface area contributed by atoms with E-state index in [0.717, 1.165) is 17.0 Å². The second-order valence-corrected chi connectivity index (χ2v) is 6.81. The molecule has 28 heavy (non-hydrogen) atoms. The third kappa shape index (κ3) is 5.01. The smallest absolute Gasteiger partial charge is 0.226 e. The van der Waals surface area contributed by atoms with Crippen molar-refractivity contribution in [1.82, 2.24) is 20.5 Å². The number of likely N-dealkylation sites (N-methyl/N-ethyl adjacent to an activating group) is 1. The van der Waals surface area contributed by atoms with E-state index < -0.39 is 0 Å². The molecule has 1 atom stereocenters. The molecular formula is C21H27N5O2. The minimum absolute atomic E-state index is 0.105. The van der Waals surface area contributed by atoms with Crippen LogP contribution in [0.2, 0.25) is 0 Å². The van der Waals surface area contributed by atoms with Gasteiger partial charge in [-0.05, 0) is 45.3 Å². The summed E-state index contributed by atoms with van der Waals surface area (Å²) in [6.07, 6.45) is 3.36. The van der Waals surface area contributed by atoms with Crippen LogP contribution in [0.15, 0.2) is 62.8 Å². The Morgan fingerprint density at radius 2 is 1.93 bits per heavy atom. The zero-order valence-corrected chi connectivity index (χ0v) is 16.8. The highest BCUT2D eigenvalue weighted by atomic mass is 16.3. The first-order valence-corrected chi connectivity index (χ1v) is 9.22. The Hall–Kier alpha value is -3.06. The number of benzene rings is 1. The Kier molecular flexibility index (Phi) is 6.49. The van der Waals surface area contributed by atoms with E-state index >= 15 is 0 Å². The van der Waals surface area contributed by atoms with Crippen LogP contribution in [0.4, 0.5) is 0 Å². The van der Waals surface area contributed by atoms with E-state index in [1.54, 1.807) is 19.6 Å². The van der Waals surface area contributed by atoms with E-state index in [1.165, 1.54) is 5.56 Å². The lowest BCUT2D eigenvalue weighted by Crippen LogP contribution is -2.41. The Balaban J connectivity index is 1.55. The summed E-state index contributed by atoms with van der Waals surface area (Å²) in [5.41, 5.74) is 2.98. The summed E-state index contributed by atoms with van der Waals surface area (Å²) in [5, 5.41) is 6.60. The van der Waals surface area contributed by atoms with Gasteiger partial charge in [-0.1, -0.05) is 17.7 Å². The summed E-state index contributed by atoms with van der Waals surface area (Å²) in [7, 11) is 5.79. The van der Waals surface area contributed by atoms with Gasteiger partial charge in [0.05, 0.1) is 24.5 Å². The van der Waals surface area contributed by atoms with Crippen LogP contribution in [-0.4, -0.2) is 43.5 Å². The van der Waals surface area contributed by atoms with Gasteiger partial charge in [-0.15, -0.1) is 0 Å². The van der Waals surface area contributed by atoms with E-state index in [9.17, 15) is 0 Å². The summed E-state index contributed by atoms with van der Waals surface area (Å²) in [4.78, 5) is 10.9. The van der Waals surface area contributed by atoms with Crippen molar-refractivity contribution in [3.05, 3.63) is 65.9 Å². The summed E-state index contributed by atoms with van der Waals surface area (Å²) >= 11 is 0. The third-order valence-corrected chi connectivity index (χ3v) is 4.47. The van der Waals surface area contributed by atoms with Crippen molar-refractivity contribution >= 4 is 5.96 Å². The zero-order valence-electron chi connectivity index (χ0n) is 16.8. The van der Waals surface area contributed by atoms with Gasteiger partial charge in [-0.25, -0.2) is 4.98 Å². The SMILES string of the molecule is CN=C(NCc1coc(-c2ccc(C)cc2)n1)NCC(c1ccco1)N(C)C. The van der Waals surface area contributed by atoms with Crippen LogP contribution in [0.5, 0.6) is 0 Å². The molecule has 148 valence electrons. The fourth-order valence-electron chi connectivity index (χ4n) is 2.82. The first kappa shape index (κ1) is 19.7. The molecule has 2 N–H and O–H groups in total. The van der Waals surface area contributed by atoms with Crippen molar-refractivity contribution in [1.29, 1.82) is 0 Å². The number of aryl methyl sites for hydroxylation is 1. The lowest BCUT2D eigenvalue weighted by molar-refractivity contribution is 0.258. The molecule has 1 aromatic carbocycles. The molecule has 1 unspecified atom stereocenters. The number of hydrogen-bond donors (Lipinski definition) is 2. The van der Waals surface area contributed by atoms with Crippen LogP contribution in [-0.2, 0) is 6.54 Å². The average Bonchev–Trinajstić information content (AvgIpc) is 3.37. The fraction of sp³-hybridized carbons (Fsp3) is 0.333. The maximum atomic E-state index is 5.60. The summed E-state index contributed by atoms with van der Waals surface area (Å²) < 4.78 is 11.1. The topological polar surface area (TPSA) is 78.8 Å². The van der Waals surface area contributed by atoms with Crippen LogP contribution >= 0.6 is 0 Å². The largest absolute Gasteiger partial charge is 0.468 e. The van der Waals surface area contributed by atoms with Crippen molar-refractivity contribution in [3.63, 3.8) is 0 Å². The van der Waals surface area contributed by atoms with Gasteiger partial charge in [0.15, 0.2) is 5.96 Å². The lowest BCUT2D eigenvalue weighted by atomic mass is 10.1. The number of furan rings is 1. The van der Waals surface area contributed by atoms with Crippen molar-refractivity contribution in [2.45, 2.75) is 19.5 Å². The summed E-state index contributed by atoms with van der Waals surface area (Å²) in [6, 6.07) is 12.1. The highest BCUT2D eigenvalue weighted by molar-refractivity contribution is 5.79. The quantitative estimate of drug-likeness (QED) is 0.483. The first-order chi connectivity index (χ1) is 13.6. The Morgan fingerprint density at radius 3 is 2.57 bits per heavy atom. The number of aromatic nitrogens is 1. The molecule has 0 aliphatic carbocycles. The van der Waals surface area contributed by atoms with E-state index in [4.69, 9.17) is 8.83 Å². The summed E-state index contributed by atoms with van der Waals surface area (Å²) in [5.74, 6) is 2.22. The standard InChI is InChI=1S/C21H27N5O2/c1-15-7-9-16(10-8-15)20-25-17(14-28-20)12-23-21(22-2)24-13-18(26(3)4)19-6-5-11-27-19/h5-11,14,18H,12-13H2,1-4H3,(H2,22,23,24). The second-order valence-electron chi connectivity index (χ2n) is 6.81. The Morgan fingerprint density at radius 1 is 1.14 bits per heavy atom. The molecular weight excluding hydrogens is 354 g/mol. The van der Waals surface area contributed by atoms with E-state index in [0.29, 0.717) is 24.9 Å². The molecule has 0 spiro atoms. The molecule has 0 saturated carbocycles. The Bertz CT molecular complexity index is 882. The first-order valence-electron chi connectivity index (χ1n) is 9.22. The number of oxazole rings is 1. The normalized spacial score (nSPS) is 13.0.